The van der Waals surface area contributed by atoms with Crippen molar-refractivity contribution in [1.29, 1.82) is 0 Å². The number of carbonyl (C=O) groups is 3. The molecule has 0 aliphatic carbocycles. The SMILES string of the molecule is CCOC(=O)C(=O)c1ccc(-c2nccc(-c3cc4c([nH]3)CCNC4=O)n2)cc1. The normalized spacial score (nSPS) is 12.8. The summed E-state index contributed by atoms with van der Waals surface area (Å²) < 4.78 is 4.73. The standard InChI is InChI=1S/C21H18N4O4/c1-2-29-21(28)18(26)12-3-5-13(6-4-12)19-22-9-8-16(25-19)17-11-14-15(24-17)7-10-23-20(14)27/h3-6,8-9,11,24H,2,7,10H2,1H3,(H,23,27). The Kier molecular flexibility index (Phi) is 4.90. The Bertz CT molecular complexity index is 1100. The van der Waals surface area contributed by atoms with Crippen molar-refractivity contribution >= 4 is 17.7 Å². The maximum Gasteiger partial charge on any atom is 0.379 e. The minimum absolute atomic E-state index is 0.0927. The lowest BCUT2D eigenvalue weighted by atomic mass is 10.1. The highest BCUT2D eigenvalue weighted by Gasteiger charge is 2.21. The Morgan fingerprint density at radius 3 is 2.69 bits per heavy atom. The Morgan fingerprint density at radius 1 is 1.17 bits per heavy atom. The molecule has 0 saturated carbocycles. The first-order valence-electron chi connectivity index (χ1n) is 9.22. The zero-order valence-electron chi connectivity index (χ0n) is 15.7. The van der Waals surface area contributed by atoms with Gasteiger partial charge < -0.3 is 15.0 Å². The topological polar surface area (TPSA) is 114 Å². The molecule has 1 aromatic carbocycles. The highest BCUT2D eigenvalue weighted by molar-refractivity contribution is 6.40. The molecule has 8 nitrogen and oxygen atoms in total. The van der Waals surface area contributed by atoms with Crippen LogP contribution in [0.2, 0.25) is 0 Å². The third kappa shape index (κ3) is 3.64. The Labute approximate surface area is 166 Å². The van der Waals surface area contributed by atoms with Gasteiger partial charge in [-0.25, -0.2) is 14.8 Å². The number of nitrogens with zero attached hydrogens (tertiary/aromatic N) is 2. The minimum atomic E-state index is -0.877. The Morgan fingerprint density at radius 2 is 1.97 bits per heavy atom. The van der Waals surface area contributed by atoms with Gasteiger partial charge >= 0.3 is 5.97 Å². The lowest BCUT2D eigenvalue weighted by Crippen LogP contribution is -2.31. The van der Waals surface area contributed by atoms with Gasteiger partial charge in [0.05, 0.1) is 23.6 Å². The molecular formula is C21H18N4O4. The van der Waals surface area contributed by atoms with E-state index in [0.29, 0.717) is 29.2 Å². The summed E-state index contributed by atoms with van der Waals surface area (Å²) in [5.41, 5.74) is 3.86. The van der Waals surface area contributed by atoms with Crippen molar-refractivity contribution in [1.82, 2.24) is 20.3 Å². The third-order valence-electron chi connectivity index (χ3n) is 4.60. The Hall–Kier alpha value is -3.81. The molecule has 3 heterocycles. The van der Waals surface area contributed by atoms with Crippen LogP contribution in [0.15, 0.2) is 42.6 Å². The van der Waals surface area contributed by atoms with Crippen molar-refractivity contribution in [3.8, 4) is 22.8 Å². The van der Waals surface area contributed by atoms with Crippen LogP contribution in [0.3, 0.4) is 0 Å². The number of hydrogen-bond donors (Lipinski definition) is 2. The van der Waals surface area contributed by atoms with Crippen LogP contribution in [0.5, 0.6) is 0 Å². The number of rotatable bonds is 5. The molecule has 0 bridgehead atoms. The first-order chi connectivity index (χ1) is 14.1. The van der Waals surface area contributed by atoms with Gasteiger partial charge in [-0.05, 0) is 19.1 Å². The summed E-state index contributed by atoms with van der Waals surface area (Å²) in [6.07, 6.45) is 2.38. The lowest BCUT2D eigenvalue weighted by Gasteiger charge is -2.10. The first kappa shape index (κ1) is 18.5. The van der Waals surface area contributed by atoms with E-state index in [-0.39, 0.29) is 18.1 Å². The summed E-state index contributed by atoms with van der Waals surface area (Å²) in [5, 5.41) is 2.82. The average Bonchev–Trinajstić information content (AvgIpc) is 3.19. The van der Waals surface area contributed by atoms with Crippen molar-refractivity contribution in [3.63, 3.8) is 0 Å². The van der Waals surface area contributed by atoms with Crippen LogP contribution >= 0.6 is 0 Å². The molecule has 0 spiro atoms. The fourth-order valence-corrected chi connectivity index (χ4v) is 3.16. The molecular weight excluding hydrogens is 372 g/mol. The maximum absolute atomic E-state index is 12.0. The molecule has 2 N–H and O–H groups in total. The van der Waals surface area contributed by atoms with Crippen LogP contribution in [0.25, 0.3) is 22.8 Å². The van der Waals surface area contributed by atoms with Gasteiger partial charge in [-0.1, -0.05) is 24.3 Å². The van der Waals surface area contributed by atoms with Gasteiger partial charge in [-0.3, -0.25) is 9.59 Å². The second-order valence-electron chi connectivity index (χ2n) is 6.47. The van der Waals surface area contributed by atoms with Gasteiger partial charge in [0.15, 0.2) is 5.82 Å². The van der Waals surface area contributed by atoms with Crippen molar-refractivity contribution in [3.05, 3.63) is 59.4 Å². The van der Waals surface area contributed by atoms with E-state index in [4.69, 9.17) is 4.74 Å². The molecule has 0 atom stereocenters. The number of hydrogen-bond acceptors (Lipinski definition) is 6. The summed E-state index contributed by atoms with van der Waals surface area (Å²) in [4.78, 5) is 47.7. The van der Waals surface area contributed by atoms with Crippen molar-refractivity contribution in [2.24, 2.45) is 0 Å². The van der Waals surface area contributed by atoms with Crippen LogP contribution < -0.4 is 5.32 Å². The van der Waals surface area contributed by atoms with Crippen LogP contribution in [0.1, 0.15) is 33.3 Å². The largest absolute Gasteiger partial charge is 0.460 e. The van der Waals surface area contributed by atoms with Gasteiger partial charge in [0.25, 0.3) is 11.7 Å². The molecule has 1 amide bonds. The van der Waals surface area contributed by atoms with E-state index in [2.05, 4.69) is 20.3 Å². The number of esters is 1. The van der Waals surface area contributed by atoms with Crippen LogP contribution in [-0.4, -0.2) is 45.8 Å². The predicted octanol–water partition coefficient (Wildman–Crippen LogP) is 2.17. The number of aromatic nitrogens is 3. The van der Waals surface area contributed by atoms with Crippen LogP contribution in [0.4, 0.5) is 0 Å². The number of fused-ring (bicyclic) bond motifs is 1. The quantitative estimate of drug-likeness (QED) is 0.392. The smallest absolute Gasteiger partial charge is 0.379 e. The number of ether oxygens (including phenoxy) is 1. The van der Waals surface area contributed by atoms with E-state index in [1.54, 1.807) is 49.5 Å². The van der Waals surface area contributed by atoms with Gasteiger partial charge in [0, 0.05) is 36.0 Å². The zero-order valence-corrected chi connectivity index (χ0v) is 15.7. The molecule has 146 valence electrons. The molecule has 0 radical (unpaired) electrons. The fraction of sp³-hybridized carbons (Fsp3) is 0.190. The molecule has 0 unspecified atom stereocenters. The number of aromatic amines is 1. The highest BCUT2D eigenvalue weighted by atomic mass is 16.5. The van der Waals surface area contributed by atoms with E-state index in [0.717, 1.165) is 17.8 Å². The lowest BCUT2D eigenvalue weighted by molar-refractivity contribution is -0.137. The van der Waals surface area contributed by atoms with Crippen LogP contribution in [-0.2, 0) is 16.0 Å². The van der Waals surface area contributed by atoms with E-state index >= 15 is 0 Å². The molecule has 2 aromatic heterocycles. The number of H-pyrrole nitrogens is 1. The van der Waals surface area contributed by atoms with Gasteiger partial charge in [-0.15, -0.1) is 0 Å². The second-order valence-corrected chi connectivity index (χ2v) is 6.47. The third-order valence-corrected chi connectivity index (χ3v) is 4.60. The predicted molar refractivity (Wildman–Crippen MR) is 104 cm³/mol. The molecule has 0 saturated heterocycles. The van der Waals surface area contributed by atoms with Crippen LogP contribution in [0, 0.1) is 0 Å². The summed E-state index contributed by atoms with van der Waals surface area (Å²) in [5.74, 6) is -1.19. The number of benzene rings is 1. The maximum atomic E-state index is 12.0. The zero-order chi connectivity index (χ0) is 20.4. The monoisotopic (exact) mass is 390 g/mol. The van der Waals surface area contributed by atoms with E-state index < -0.39 is 11.8 Å². The molecule has 29 heavy (non-hydrogen) atoms. The highest BCUT2D eigenvalue weighted by Crippen LogP contribution is 2.24. The molecule has 3 aromatic rings. The van der Waals surface area contributed by atoms with Gasteiger partial charge in [0.2, 0.25) is 0 Å². The van der Waals surface area contributed by atoms with Gasteiger partial charge in [0.1, 0.15) is 0 Å². The summed E-state index contributed by atoms with van der Waals surface area (Å²) >= 11 is 0. The second kappa shape index (κ2) is 7.67. The van der Waals surface area contributed by atoms with E-state index in [1.807, 2.05) is 0 Å². The van der Waals surface area contributed by atoms with Crippen molar-refractivity contribution < 1.29 is 19.1 Å². The molecule has 1 aliphatic rings. The number of ketones is 1. The molecule has 0 fully saturated rings. The fourth-order valence-electron chi connectivity index (χ4n) is 3.16. The molecule has 4 rings (SSSR count). The van der Waals surface area contributed by atoms with E-state index in [9.17, 15) is 14.4 Å². The number of carbonyl (C=O) groups excluding carboxylic acids is 3. The van der Waals surface area contributed by atoms with Gasteiger partial charge in [-0.2, -0.15) is 0 Å². The Balaban J connectivity index is 1.60. The first-order valence-corrected chi connectivity index (χ1v) is 9.22. The van der Waals surface area contributed by atoms with Crippen molar-refractivity contribution in [2.75, 3.05) is 13.2 Å². The molecule has 1 aliphatic heterocycles. The number of Topliss-reactive ketones (excluding diaryl/α,β-unsaturated/α-hetero) is 1. The average molecular weight is 390 g/mol. The van der Waals surface area contributed by atoms with Crippen molar-refractivity contribution in [2.45, 2.75) is 13.3 Å². The summed E-state index contributed by atoms with van der Waals surface area (Å²) in [6.45, 7) is 2.40. The summed E-state index contributed by atoms with van der Waals surface area (Å²) in [6, 6.07) is 10.00. The number of amides is 1. The summed E-state index contributed by atoms with van der Waals surface area (Å²) in [7, 11) is 0. The number of nitrogens with one attached hydrogen (secondary N) is 2. The van der Waals surface area contributed by atoms with E-state index in [1.165, 1.54) is 0 Å². The molecule has 8 heteroatoms. The minimum Gasteiger partial charge on any atom is -0.460 e.